The summed E-state index contributed by atoms with van der Waals surface area (Å²) in [6.07, 6.45) is 0. The Hall–Kier alpha value is -1.69. The molecule has 6 heteroatoms. The van der Waals surface area contributed by atoms with Gasteiger partial charge in [0.1, 0.15) is 0 Å². The number of nitrogens with zero attached hydrogens (tertiary/aromatic N) is 2. The highest BCUT2D eigenvalue weighted by Crippen LogP contribution is 2.33. The quantitative estimate of drug-likeness (QED) is 0.804. The van der Waals surface area contributed by atoms with Gasteiger partial charge in [0.25, 0.3) is 0 Å². The second-order valence-corrected chi connectivity index (χ2v) is 4.55. The SMILES string of the molecule is CN1C(=O)CN(CCS)c2ccc(C(=O)O)cc21. The van der Waals surface area contributed by atoms with Crippen LogP contribution in [0.3, 0.4) is 0 Å². The van der Waals surface area contributed by atoms with Gasteiger partial charge in [0.05, 0.1) is 23.5 Å². The molecule has 1 aliphatic heterocycles. The molecule has 0 aromatic heterocycles. The van der Waals surface area contributed by atoms with Crippen LogP contribution >= 0.6 is 12.6 Å². The molecular formula is C12H14N2O3S. The molecule has 1 aromatic rings. The highest BCUT2D eigenvalue weighted by molar-refractivity contribution is 7.80. The predicted octanol–water partition coefficient (Wildman–Crippen LogP) is 1.10. The fourth-order valence-electron chi connectivity index (χ4n) is 2.00. The number of carboxylic acids is 1. The number of hydrogen-bond acceptors (Lipinski definition) is 4. The van der Waals surface area contributed by atoms with Gasteiger partial charge in [-0.2, -0.15) is 12.6 Å². The van der Waals surface area contributed by atoms with E-state index in [9.17, 15) is 9.59 Å². The van der Waals surface area contributed by atoms with Gasteiger partial charge >= 0.3 is 5.97 Å². The summed E-state index contributed by atoms with van der Waals surface area (Å²) in [7, 11) is 1.66. The molecule has 0 atom stereocenters. The first kappa shape index (κ1) is 12.8. The molecule has 1 aromatic carbocycles. The van der Waals surface area contributed by atoms with Gasteiger partial charge < -0.3 is 14.9 Å². The van der Waals surface area contributed by atoms with Gasteiger partial charge in [-0.25, -0.2) is 4.79 Å². The smallest absolute Gasteiger partial charge is 0.335 e. The number of thiol groups is 1. The topological polar surface area (TPSA) is 60.9 Å². The van der Waals surface area contributed by atoms with Crippen LogP contribution in [0.2, 0.25) is 0 Å². The van der Waals surface area contributed by atoms with Crippen LogP contribution in [0.4, 0.5) is 11.4 Å². The Morgan fingerprint density at radius 1 is 1.44 bits per heavy atom. The third-order valence-corrected chi connectivity index (χ3v) is 3.19. The Balaban J connectivity index is 2.48. The Morgan fingerprint density at radius 3 is 2.78 bits per heavy atom. The third kappa shape index (κ3) is 2.15. The lowest BCUT2D eigenvalue weighted by atomic mass is 10.1. The minimum Gasteiger partial charge on any atom is -0.478 e. The third-order valence-electron chi connectivity index (χ3n) is 2.99. The van der Waals surface area contributed by atoms with Crippen LogP contribution in [-0.4, -0.2) is 42.9 Å². The molecule has 0 radical (unpaired) electrons. The number of carbonyl (C=O) groups is 2. The second-order valence-electron chi connectivity index (χ2n) is 4.11. The van der Waals surface area contributed by atoms with Crippen molar-refractivity contribution in [2.75, 3.05) is 35.7 Å². The number of carbonyl (C=O) groups excluding carboxylic acids is 1. The number of likely N-dealkylation sites (N-methyl/N-ethyl adjacent to an activating group) is 1. The molecule has 1 amide bonds. The Kier molecular flexibility index (Phi) is 3.47. The first-order valence-electron chi connectivity index (χ1n) is 5.54. The zero-order valence-electron chi connectivity index (χ0n) is 9.96. The zero-order valence-corrected chi connectivity index (χ0v) is 10.9. The van der Waals surface area contributed by atoms with Crippen molar-refractivity contribution in [2.45, 2.75) is 0 Å². The van der Waals surface area contributed by atoms with Crippen molar-refractivity contribution >= 4 is 35.9 Å². The summed E-state index contributed by atoms with van der Waals surface area (Å²) >= 11 is 4.17. The number of carboxylic acid groups (broad SMARTS) is 1. The van der Waals surface area contributed by atoms with E-state index in [-0.39, 0.29) is 11.5 Å². The van der Waals surface area contributed by atoms with Crippen LogP contribution in [0, 0.1) is 0 Å². The number of hydrogen-bond donors (Lipinski definition) is 2. The van der Waals surface area contributed by atoms with E-state index in [2.05, 4.69) is 12.6 Å². The molecule has 0 unspecified atom stereocenters. The minimum atomic E-state index is -0.995. The van der Waals surface area contributed by atoms with E-state index in [0.29, 0.717) is 24.5 Å². The van der Waals surface area contributed by atoms with E-state index in [0.717, 1.165) is 5.69 Å². The molecule has 0 aliphatic carbocycles. The van der Waals surface area contributed by atoms with Crippen molar-refractivity contribution in [2.24, 2.45) is 0 Å². The average Bonchev–Trinajstić information content (AvgIpc) is 2.35. The van der Waals surface area contributed by atoms with E-state index < -0.39 is 5.97 Å². The first-order chi connectivity index (χ1) is 8.54. The molecule has 0 spiro atoms. The number of benzene rings is 1. The van der Waals surface area contributed by atoms with E-state index >= 15 is 0 Å². The van der Waals surface area contributed by atoms with E-state index in [4.69, 9.17) is 5.11 Å². The standard InChI is InChI=1S/C12H14N2O3S/c1-13-10-6-8(12(16)17)2-3-9(10)14(4-5-18)7-11(13)15/h2-3,6,18H,4-5,7H2,1H3,(H,16,17). The second kappa shape index (κ2) is 4.89. The van der Waals surface area contributed by atoms with Gasteiger partial charge in [-0.05, 0) is 18.2 Å². The van der Waals surface area contributed by atoms with Gasteiger partial charge in [0, 0.05) is 19.3 Å². The molecule has 0 saturated carbocycles. The van der Waals surface area contributed by atoms with Crippen molar-refractivity contribution in [3.05, 3.63) is 23.8 Å². The fourth-order valence-corrected chi connectivity index (χ4v) is 2.24. The minimum absolute atomic E-state index is 0.0492. The van der Waals surface area contributed by atoms with E-state index in [1.54, 1.807) is 19.2 Å². The van der Waals surface area contributed by atoms with Gasteiger partial charge in [-0.15, -0.1) is 0 Å². The number of rotatable bonds is 3. The van der Waals surface area contributed by atoms with Crippen LogP contribution in [0.15, 0.2) is 18.2 Å². The average molecular weight is 266 g/mol. The number of anilines is 2. The largest absolute Gasteiger partial charge is 0.478 e. The first-order valence-corrected chi connectivity index (χ1v) is 6.17. The number of aromatic carboxylic acids is 1. The maximum atomic E-state index is 11.8. The molecule has 5 nitrogen and oxygen atoms in total. The van der Waals surface area contributed by atoms with Gasteiger partial charge in [-0.3, -0.25) is 4.79 Å². The summed E-state index contributed by atoms with van der Waals surface area (Å²) in [5, 5.41) is 8.98. The number of fused-ring (bicyclic) bond motifs is 1. The fraction of sp³-hybridized carbons (Fsp3) is 0.333. The van der Waals surface area contributed by atoms with Crippen molar-refractivity contribution in [3.63, 3.8) is 0 Å². The monoisotopic (exact) mass is 266 g/mol. The Morgan fingerprint density at radius 2 is 2.17 bits per heavy atom. The maximum Gasteiger partial charge on any atom is 0.335 e. The molecule has 1 N–H and O–H groups in total. The van der Waals surface area contributed by atoms with Crippen LogP contribution in [0.25, 0.3) is 0 Å². The van der Waals surface area contributed by atoms with Crippen LogP contribution in [-0.2, 0) is 4.79 Å². The summed E-state index contributed by atoms with van der Waals surface area (Å²) < 4.78 is 0. The zero-order chi connectivity index (χ0) is 13.3. The van der Waals surface area contributed by atoms with Crippen molar-refractivity contribution < 1.29 is 14.7 Å². The lowest BCUT2D eigenvalue weighted by molar-refractivity contribution is -0.117. The predicted molar refractivity (Wildman–Crippen MR) is 72.9 cm³/mol. The highest BCUT2D eigenvalue weighted by Gasteiger charge is 2.26. The molecule has 0 bridgehead atoms. The van der Waals surface area contributed by atoms with Gasteiger partial charge in [0.15, 0.2) is 0 Å². The molecule has 96 valence electrons. The highest BCUT2D eigenvalue weighted by atomic mass is 32.1. The maximum absolute atomic E-state index is 11.8. The summed E-state index contributed by atoms with van der Waals surface area (Å²) in [5.41, 5.74) is 1.69. The summed E-state index contributed by atoms with van der Waals surface area (Å²) in [5.74, 6) is -0.409. The summed E-state index contributed by atoms with van der Waals surface area (Å²) in [4.78, 5) is 26.2. The summed E-state index contributed by atoms with van der Waals surface area (Å²) in [6.45, 7) is 0.957. The molecule has 1 heterocycles. The van der Waals surface area contributed by atoms with Crippen LogP contribution in [0.5, 0.6) is 0 Å². The lowest BCUT2D eigenvalue weighted by Gasteiger charge is -2.35. The Bertz CT molecular complexity index is 504. The van der Waals surface area contributed by atoms with E-state index in [1.165, 1.54) is 11.0 Å². The Labute approximate surface area is 110 Å². The molecule has 18 heavy (non-hydrogen) atoms. The molecule has 0 fully saturated rings. The van der Waals surface area contributed by atoms with Crippen molar-refractivity contribution in [3.8, 4) is 0 Å². The molecule has 2 rings (SSSR count). The van der Waals surface area contributed by atoms with Crippen LogP contribution < -0.4 is 9.80 Å². The van der Waals surface area contributed by atoms with Crippen LogP contribution in [0.1, 0.15) is 10.4 Å². The summed E-state index contributed by atoms with van der Waals surface area (Å²) in [6, 6.07) is 4.82. The number of amides is 1. The van der Waals surface area contributed by atoms with Crippen molar-refractivity contribution in [1.29, 1.82) is 0 Å². The van der Waals surface area contributed by atoms with Crippen molar-refractivity contribution in [1.82, 2.24) is 0 Å². The van der Waals surface area contributed by atoms with E-state index in [1.807, 2.05) is 4.90 Å². The molecule has 0 saturated heterocycles. The van der Waals surface area contributed by atoms with Gasteiger partial charge in [-0.1, -0.05) is 0 Å². The normalized spacial score (nSPS) is 14.7. The lowest BCUT2D eigenvalue weighted by Crippen LogP contribution is -2.44. The molecular weight excluding hydrogens is 252 g/mol. The van der Waals surface area contributed by atoms with Gasteiger partial charge in [0.2, 0.25) is 5.91 Å². The molecule has 1 aliphatic rings.